The molecule has 3 atom stereocenters. The third-order valence-corrected chi connectivity index (χ3v) is 5.79. The summed E-state index contributed by atoms with van der Waals surface area (Å²) in [5.41, 5.74) is 10.9. The number of carbonyl (C=O) groups is 1. The lowest BCUT2D eigenvalue weighted by atomic mass is 9.87. The molecule has 1 aromatic carbocycles. The SMILES string of the molecule is CC(=O)NC1CNNC1C1CCCN(Cc2cccc3c2NCC3)C1. The lowest BCUT2D eigenvalue weighted by molar-refractivity contribution is -0.119. The zero-order valence-electron chi connectivity index (χ0n) is 15.0. The molecule has 0 radical (unpaired) electrons. The fourth-order valence-corrected chi connectivity index (χ4v) is 4.67. The first kappa shape index (κ1) is 16.8. The highest BCUT2D eigenvalue weighted by molar-refractivity contribution is 5.73. The number of piperidine rings is 1. The van der Waals surface area contributed by atoms with Gasteiger partial charge in [-0.1, -0.05) is 18.2 Å². The lowest BCUT2D eigenvalue weighted by Gasteiger charge is -2.37. The van der Waals surface area contributed by atoms with E-state index in [0.717, 1.165) is 39.1 Å². The molecule has 0 saturated carbocycles. The van der Waals surface area contributed by atoms with E-state index in [0.29, 0.717) is 12.0 Å². The number of hydrogen-bond acceptors (Lipinski definition) is 5. The standard InChI is InChI=1S/C19H29N5O/c1-13(25)22-17-10-21-23-19(17)16-6-3-9-24(12-16)11-15-5-2-4-14-7-8-20-18(14)15/h2,4-5,16-17,19-21,23H,3,6-12H2,1H3,(H,22,25). The number of carbonyl (C=O) groups excluding carboxylic acids is 1. The van der Waals surface area contributed by atoms with Crippen molar-refractivity contribution in [2.75, 3.05) is 31.5 Å². The monoisotopic (exact) mass is 343 g/mol. The molecule has 3 aliphatic heterocycles. The Balaban J connectivity index is 1.41. The minimum absolute atomic E-state index is 0.0547. The maximum atomic E-state index is 11.5. The largest absolute Gasteiger partial charge is 0.384 e. The summed E-state index contributed by atoms with van der Waals surface area (Å²) in [5.74, 6) is 0.615. The molecule has 4 rings (SSSR count). The van der Waals surface area contributed by atoms with Crippen molar-refractivity contribution in [3.63, 3.8) is 0 Å². The van der Waals surface area contributed by atoms with Crippen LogP contribution < -0.4 is 21.5 Å². The van der Waals surface area contributed by atoms with Crippen molar-refractivity contribution in [1.29, 1.82) is 0 Å². The van der Waals surface area contributed by atoms with Crippen LogP contribution in [0.25, 0.3) is 0 Å². The van der Waals surface area contributed by atoms with Gasteiger partial charge in [0.15, 0.2) is 0 Å². The minimum atomic E-state index is 0.0547. The number of rotatable bonds is 4. The highest BCUT2D eigenvalue weighted by Crippen LogP contribution is 2.29. The molecular formula is C19H29N5O. The van der Waals surface area contributed by atoms with E-state index in [-0.39, 0.29) is 11.9 Å². The molecule has 0 bridgehead atoms. The average molecular weight is 343 g/mol. The molecule has 6 heteroatoms. The number of hydrogen-bond donors (Lipinski definition) is 4. The normalized spacial score (nSPS) is 29.2. The van der Waals surface area contributed by atoms with Crippen molar-refractivity contribution >= 4 is 11.6 Å². The highest BCUT2D eigenvalue weighted by Gasteiger charge is 2.36. The fourth-order valence-electron chi connectivity index (χ4n) is 4.67. The van der Waals surface area contributed by atoms with Crippen LogP contribution in [0.2, 0.25) is 0 Å². The Kier molecular flexibility index (Phi) is 4.92. The Labute approximate surface area is 149 Å². The van der Waals surface area contributed by atoms with Crippen LogP contribution >= 0.6 is 0 Å². The summed E-state index contributed by atoms with van der Waals surface area (Å²) in [6.07, 6.45) is 3.58. The van der Waals surface area contributed by atoms with Crippen molar-refractivity contribution in [3.05, 3.63) is 29.3 Å². The van der Waals surface area contributed by atoms with Gasteiger partial charge in [0.05, 0.1) is 6.04 Å². The zero-order chi connectivity index (χ0) is 17.2. The van der Waals surface area contributed by atoms with Gasteiger partial charge in [-0.3, -0.25) is 20.5 Å². The van der Waals surface area contributed by atoms with E-state index in [1.807, 2.05) is 0 Å². The topological polar surface area (TPSA) is 68.4 Å². The number of likely N-dealkylation sites (tertiary alicyclic amines) is 1. The molecule has 2 fully saturated rings. The Morgan fingerprint density at radius 2 is 2.32 bits per heavy atom. The molecule has 4 N–H and O–H groups in total. The van der Waals surface area contributed by atoms with Gasteiger partial charge in [0.2, 0.25) is 5.91 Å². The first-order chi connectivity index (χ1) is 12.2. The van der Waals surface area contributed by atoms with E-state index in [9.17, 15) is 4.79 Å². The third-order valence-electron chi connectivity index (χ3n) is 5.79. The van der Waals surface area contributed by atoms with Crippen LogP contribution in [0.1, 0.15) is 30.9 Å². The van der Waals surface area contributed by atoms with Gasteiger partial charge in [0.1, 0.15) is 0 Å². The van der Waals surface area contributed by atoms with Gasteiger partial charge >= 0.3 is 0 Å². The van der Waals surface area contributed by atoms with Crippen molar-refractivity contribution < 1.29 is 4.79 Å². The number of hydrazine groups is 1. The lowest BCUT2D eigenvalue weighted by Crippen LogP contribution is -2.52. The first-order valence-electron chi connectivity index (χ1n) is 9.53. The Morgan fingerprint density at radius 1 is 1.40 bits per heavy atom. The predicted octanol–water partition coefficient (Wildman–Crippen LogP) is 0.848. The smallest absolute Gasteiger partial charge is 0.217 e. The molecule has 1 amide bonds. The van der Waals surface area contributed by atoms with Gasteiger partial charge < -0.3 is 10.6 Å². The second-order valence-corrected chi connectivity index (χ2v) is 7.62. The van der Waals surface area contributed by atoms with Crippen molar-refractivity contribution in [3.8, 4) is 0 Å². The van der Waals surface area contributed by atoms with Crippen LogP contribution in [0.3, 0.4) is 0 Å². The summed E-state index contributed by atoms with van der Waals surface area (Å²) in [4.78, 5) is 14.0. The predicted molar refractivity (Wildman–Crippen MR) is 99.2 cm³/mol. The molecule has 1 aromatic rings. The van der Waals surface area contributed by atoms with E-state index in [4.69, 9.17) is 0 Å². The number of para-hydroxylation sites is 1. The molecule has 3 unspecified atom stereocenters. The number of nitrogens with zero attached hydrogens (tertiary/aromatic N) is 1. The summed E-state index contributed by atoms with van der Waals surface area (Å²) >= 11 is 0. The quantitative estimate of drug-likeness (QED) is 0.653. The molecule has 3 heterocycles. The molecule has 136 valence electrons. The maximum absolute atomic E-state index is 11.5. The van der Waals surface area contributed by atoms with Gasteiger partial charge in [-0.15, -0.1) is 0 Å². The van der Waals surface area contributed by atoms with E-state index >= 15 is 0 Å². The van der Waals surface area contributed by atoms with Crippen LogP contribution in [0.15, 0.2) is 18.2 Å². The van der Waals surface area contributed by atoms with Gasteiger partial charge in [-0.05, 0) is 42.9 Å². The van der Waals surface area contributed by atoms with E-state index in [2.05, 4.69) is 44.6 Å². The van der Waals surface area contributed by atoms with Crippen LogP contribution in [-0.4, -0.2) is 49.1 Å². The molecule has 0 aliphatic carbocycles. The number of anilines is 1. The molecule has 6 nitrogen and oxygen atoms in total. The van der Waals surface area contributed by atoms with Gasteiger partial charge in [-0.25, -0.2) is 0 Å². The molecule has 25 heavy (non-hydrogen) atoms. The number of amides is 1. The molecule has 2 saturated heterocycles. The van der Waals surface area contributed by atoms with E-state index in [1.54, 1.807) is 6.92 Å². The van der Waals surface area contributed by atoms with E-state index in [1.165, 1.54) is 29.7 Å². The van der Waals surface area contributed by atoms with Crippen molar-refractivity contribution in [1.82, 2.24) is 21.1 Å². The first-order valence-corrected chi connectivity index (χ1v) is 9.53. The molecule has 0 spiro atoms. The Morgan fingerprint density at radius 3 is 3.20 bits per heavy atom. The molecular weight excluding hydrogens is 314 g/mol. The highest BCUT2D eigenvalue weighted by atomic mass is 16.1. The average Bonchev–Trinajstić information content (AvgIpc) is 3.24. The minimum Gasteiger partial charge on any atom is -0.384 e. The van der Waals surface area contributed by atoms with Gasteiger partial charge in [0, 0.05) is 44.8 Å². The summed E-state index contributed by atoms with van der Waals surface area (Å²) in [7, 11) is 0. The maximum Gasteiger partial charge on any atom is 0.217 e. The number of fused-ring (bicyclic) bond motifs is 1. The fraction of sp³-hybridized carbons (Fsp3) is 0.632. The second-order valence-electron chi connectivity index (χ2n) is 7.62. The number of nitrogens with one attached hydrogen (secondary N) is 4. The third kappa shape index (κ3) is 3.66. The Hall–Kier alpha value is -1.63. The van der Waals surface area contributed by atoms with Gasteiger partial charge in [-0.2, -0.15) is 0 Å². The molecule has 0 aromatic heterocycles. The summed E-state index contributed by atoms with van der Waals surface area (Å²) in [6, 6.07) is 7.19. The van der Waals surface area contributed by atoms with Crippen LogP contribution in [0, 0.1) is 5.92 Å². The van der Waals surface area contributed by atoms with Gasteiger partial charge in [0.25, 0.3) is 0 Å². The summed E-state index contributed by atoms with van der Waals surface area (Å²) < 4.78 is 0. The Bertz CT molecular complexity index is 634. The summed E-state index contributed by atoms with van der Waals surface area (Å²) in [5, 5.41) is 6.65. The molecule has 3 aliphatic rings. The van der Waals surface area contributed by atoms with Crippen molar-refractivity contribution in [2.24, 2.45) is 5.92 Å². The second kappa shape index (κ2) is 7.32. The van der Waals surface area contributed by atoms with E-state index < -0.39 is 0 Å². The van der Waals surface area contributed by atoms with Crippen LogP contribution in [0.4, 0.5) is 5.69 Å². The summed E-state index contributed by atoms with van der Waals surface area (Å²) in [6.45, 7) is 6.72. The zero-order valence-corrected chi connectivity index (χ0v) is 15.0. The van der Waals surface area contributed by atoms with Crippen LogP contribution in [0.5, 0.6) is 0 Å². The number of benzene rings is 1. The van der Waals surface area contributed by atoms with Crippen LogP contribution in [-0.2, 0) is 17.8 Å². The van der Waals surface area contributed by atoms with Crippen molar-refractivity contribution in [2.45, 2.75) is 44.8 Å².